The van der Waals surface area contributed by atoms with Gasteiger partial charge in [0.2, 0.25) is 0 Å². The Balaban J connectivity index is 1.51. The number of esters is 2. The van der Waals surface area contributed by atoms with Gasteiger partial charge >= 0.3 is 30.5 Å². The van der Waals surface area contributed by atoms with Crippen LogP contribution in [0, 0.1) is 0 Å². The maximum Gasteiger partial charge on any atom is 0.416 e. The van der Waals surface area contributed by atoms with Crippen LogP contribution >= 0.6 is 0 Å². The molecule has 4 aromatic carbocycles. The highest BCUT2D eigenvalue weighted by molar-refractivity contribution is 6.03. The summed E-state index contributed by atoms with van der Waals surface area (Å²) in [4.78, 5) is 26.0. The SMILES string of the molecule is O=C(OCc1ccc(C(F)(F)F)cc1)c1ccc(OCc2ccc(C(F)(F)F)cc2)cc1C(=O)OCc1ccc(C(F)(F)F)cc1. The van der Waals surface area contributed by atoms with Crippen molar-refractivity contribution in [2.24, 2.45) is 0 Å². The molecule has 0 spiro atoms. The minimum atomic E-state index is -4.58. The van der Waals surface area contributed by atoms with Gasteiger partial charge in [0, 0.05) is 0 Å². The molecule has 4 aromatic rings. The zero-order valence-electron chi connectivity index (χ0n) is 23.2. The normalized spacial score (nSPS) is 12.0. The largest absolute Gasteiger partial charge is 0.489 e. The second kappa shape index (κ2) is 13.5. The number of benzene rings is 4. The second-order valence-corrected chi connectivity index (χ2v) is 9.73. The molecule has 0 saturated heterocycles. The fourth-order valence-corrected chi connectivity index (χ4v) is 3.95. The van der Waals surface area contributed by atoms with Crippen molar-refractivity contribution in [1.82, 2.24) is 0 Å². The van der Waals surface area contributed by atoms with E-state index >= 15 is 0 Å². The number of hydrogen-bond donors (Lipinski definition) is 0. The van der Waals surface area contributed by atoms with Gasteiger partial charge in [-0.15, -0.1) is 0 Å². The highest BCUT2D eigenvalue weighted by Crippen LogP contribution is 2.31. The summed E-state index contributed by atoms with van der Waals surface area (Å²) in [5.41, 5.74) is -2.65. The average Bonchev–Trinajstić information content (AvgIpc) is 3.00. The van der Waals surface area contributed by atoms with Crippen molar-refractivity contribution in [2.75, 3.05) is 0 Å². The molecule has 5 nitrogen and oxygen atoms in total. The van der Waals surface area contributed by atoms with Gasteiger partial charge in [0.25, 0.3) is 0 Å². The Morgan fingerprint density at radius 2 is 0.804 bits per heavy atom. The lowest BCUT2D eigenvalue weighted by atomic mass is 10.1. The molecule has 0 bridgehead atoms. The highest BCUT2D eigenvalue weighted by Gasteiger charge is 2.31. The number of ether oxygens (including phenoxy) is 3. The van der Waals surface area contributed by atoms with E-state index in [0.29, 0.717) is 5.56 Å². The molecular weight excluding hydrogens is 635 g/mol. The molecule has 0 aliphatic heterocycles. The van der Waals surface area contributed by atoms with Gasteiger partial charge in [-0.25, -0.2) is 9.59 Å². The molecule has 0 aliphatic rings. The number of carbonyl (C=O) groups excluding carboxylic acids is 2. The van der Waals surface area contributed by atoms with Crippen LogP contribution in [0.5, 0.6) is 5.75 Å². The van der Waals surface area contributed by atoms with E-state index in [0.717, 1.165) is 72.8 Å². The van der Waals surface area contributed by atoms with Gasteiger partial charge in [-0.2, -0.15) is 39.5 Å². The highest BCUT2D eigenvalue weighted by atomic mass is 19.4. The zero-order valence-corrected chi connectivity index (χ0v) is 23.2. The summed E-state index contributed by atoms with van der Waals surface area (Å²) in [5.74, 6) is -2.15. The van der Waals surface area contributed by atoms with Crippen LogP contribution in [0.4, 0.5) is 39.5 Å². The van der Waals surface area contributed by atoms with Gasteiger partial charge < -0.3 is 14.2 Å². The van der Waals surface area contributed by atoms with Crippen LogP contribution in [0.25, 0.3) is 0 Å². The third-order valence-electron chi connectivity index (χ3n) is 6.42. The molecule has 0 heterocycles. The van der Waals surface area contributed by atoms with Crippen LogP contribution < -0.4 is 4.74 Å². The Hall–Kier alpha value is -5.01. The fraction of sp³-hybridized carbons (Fsp3) is 0.188. The van der Waals surface area contributed by atoms with Crippen LogP contribution in [0.1, 0.15) is 54.1 Å². The average molecular weight is 656 g/mol. The van der Waals surface area contributed by atoms with Gasteiger partial charge in [-0.1, -0.05) is 36.4 Å². The summed E-state index contributed by atoms with van der Waals surface area (Å²) in [6.07, 6.45) is -13.7. The van der Waals surface area contributed by atoms with E-state index in [1.165, 1.54) is 18.2 Å². The topological polar surface area (TPSA) is 61.8 Å². The van der Waals surface area contributed by atoms with Crippen molar-refractivity contribution < 1.29 is 63.3 Å². The fourth-order valence-electron chi connectivity index (χ4n) is 3.95. The lowest BCUT2D eigenvalue weighted by molar-refractivity contribution is -0.138. The van der Waals surface area contributed by atoms with Gasteiger partial charge in [-0.05, 0) is 71.3 Å². The van der Waals surface area contributed by atoms with E-state index in [2.05, 4.69) is 0 Å². The van der Waals surface area contributed by atoms with Gasteiger partial charge in [0.1, 0.15) is 25.6 Å². The van der Waals surface area contributed by atoms with Crippen molar-refractivity contribution in [3.8, 4) is 5.75 Å². The van der Waals surface area contributed by atoms with E-state index in [1.54, 1.807) is 0 Å². The first-order chi connectivity index (χ1) is 21.5. The molecule has 46 heavy (non-hydrogen) atoms. The quantitative estimate of drug-likeness (QED) is 0.133. The van der Waals surface area contributed by atoms with Crippen LogP contribution in [-0.4, -0.2) is 11.9 Å². The second-order valence-electron chi connectivity index (χ2n) is 9.73. The van der Waals surface area contributed by atoms with E-state index < -0.39 is 60.4 Å². The third kappa shape index (κ3) is 9.02. The van der Waals surface area contributed by atoms with E-state index in [1.807, 2.05) is 0 Å². The number of halogens is 9. The van der Waals surface area contributed by atoms with Crippen molar-refractivity contribution in [1.29, 1.82) is 0 Å². The Morgan fingerprint density at radius 3 is 1.17 bits per heavy atom. The predicted octanol–water partition coefficient (Wildman–Crippen LogP) is 9.04. The van der Waals surface area contributed by atoms with Crippen molar-refractivity contribution in [3.05, 3.63) is 136 Å². The molecule has 0 radical (unpaired) electrons. The Kier molecular flexibility index (Phi) is 9.98. The summed E-state index contributed by atoms with van der Waals surface area (Å²) >= 11 is 0. The Labute approximate surface area is 255 Å². The molecule has 0 aromatic heterocycles. The summed E-state index contributed by atoms with van der Waals surface area (Å²) < 4.78 is 132. The van der Waals surface area contributed by atoms with Crippen LogP contribution in [-0.2, 0) is 47.8 Å². The van der Waals surface area contributed by atoms with Crippen molar-refractivity contribution in [2.45, 2.75) is 38.3 Å². The maximum atomic E-state index is 13.1. The zero-order chi connectivity index (χ0) is 33.7. The molecule has 0 unspecified atom stereocenters. The molecule has 4 rings (SSSR count). The van der Waals surface area contributed by atoms with E-state index in [-0.39, 0.29) is 34.6 Å². The molecule has 14 heteroatoms. The van der Waals surface area contributed by atoms with E-state index in [9.17, 15) is 49.1 Å². The summed E-state index contributed by atoms with van der Waals surface area (Å²) in [6.45, 7) is -1.16. The summed E-state index contributed by atoms with van der Waals surface area (Å²) in [5, 5.41) is 0. The first-order valence-electron chi connectivity index (χ1n) is 13.1. The Bertz CT molecular complexity index is 1660. The predicted molar refractivity (Wildman–Crippen MR) is 143 cm³/mol. The summed E-state index contributed by atoms with van der Waals surface area (Å²) in [7, 11) is 0. The first-order valence-corrected chi connectivity index (χ1v) is 13.1. The minimum absolute atomic E-state index is 0.000618. The number of carbonyl (C=O) groups is 2. The van der Waals surface area contributed by atoms with Crippen LogP contribution in [0.15, 0.2) is 91.0 Å². The summed E-state index contributed by atoms with van der Waals surface area (Å²) in [6, 6.07) is 15.2. The van der Waals surface area contributed by atoms with E-state index in [4.69, 9.17) is 14.2 Å². The maximum absolute atomic E-state index is 13.1. The number of alkyl halides is 9. The molecule has 242 valence electrons. The monoisotopic (exact) mass is 656 g/mol. The molecule has 0 aliphatic carbocycles. The molecule has 0 fully saturated rings. The lowest BCUT2D eigenvalue weighted by Crippen LogP contribution is -2.15. The first kappa shape index (κ1) is 33.9. The van der Waals surface area contributed by atoms with Crippen molar-refractivity contribution in [3.63, 3.8) is 0 Å². The number of hydrogen-bond acceptors (Lipinski definition) is 5. The molecule has 0 N–H and O–H groups in total. The molecule has 0 amide bonds. The number of rotatable bonds is 9. The van der Waals surface area contributed by atoms with Crippen LogP contribution in [0.3, 0.4) is 0 Å². The van der Waals surface area contributed by atoms with Crippen molar-refractivity contribution >= 4 is 11.9 Å². The van der Waals surface area contributed by atoms with Crippen LogP contribution in [0.2, 0.25) is 0 Å². The third-order valence-corrected chi connectivity index (χ3v) is 6.42. The Morgan fingerprint density at radius 1 is 0.457 bits per heavy atom. The lowest BCUT2D eigenvalue weighted by Gasteiger charge is -2.14. The van der Waals surface area contributed by atoms with Gasteiger partial charge in [0.15, 0.2) is 0 Å². The molecule has 0 atom stereocenters. The minimum Gasteiger partial charge on any atom is -0.489 e. The van der Waals surface area contributed by atoms with Gasteiger partial charge in [-0.3, -0.25) is 0 Å². The smallest absolute Gasteiger partial charge is 0.416 e. The standard InChI is InChI=1S/C32H21F9O5/c33-30(34,35)22-7-1-19(2-8-22)16-44-25-13-14-26(28(42)45-17-20-3-9-23(10-4-20)31(36,37)38)27(15-25)29(43)46-18-21-5-11-24(12-6-21)32(39,40)41/h1-15H,16-18H2. The van der Waals surface area contributed by atoms with Gasteiger partial charge in [0.05, 0.1) is 27.8 Å². The molecular formula is C32H21F9O5. The molecule has 0 saturated carbocycles.